The number of benzene rings is 1. The van der Waals surface area contributed by atoms with Gasteiger partial charge in [-0.25, -0.2) is 8.42 Å². The monoisotopic (exact) mass is 372 g/mol. The number of hydrazine groups is 1. The number of amides is 2. The predicted molar refractivity (Wildman–Crippen MR) is 82.7 cm³/mol. The van der Waals surface area contributed by atoms with E-state index in [4.69, 9.17) is 4.42 Å². The Balaban J connectivity index is 2.04. The molecule has 2 aromatic rings. The summed E-state index contributed by atoms with van der Waals surface area (Å²) in [6.07, 6.45) is 0. The summed E-state index contributed by atoms with van der Waals surface area (Å²) < 4.78 is 52.7. The molecule has 0 saturated carbocycles. The van der Waals surface area contributed by atoms with Crippen LogP contribution in [-0.2, 0) is 9.84 Å². The van der Waals surface area contributed by atoms with E-state index >= 15 is 0 Å². The van der Waals surface area contributed by atoms with Crippen molar-refractivity contribution in [1.82, 2.24) is 10.9 Å². The van der Waals surface area contributed by atoms with Crippen LogP contribution in [0.15, 0.2) is 39.6 Å². The highest BCUT2D eigenvalue weighted by Crippen LogP contribution is 2.18. The number of alkyl halides is 2. The lowest BCUT2D eigenvalue weighted by molar-refractivity contribution is 0.0845. The van der Waals surface area contributed by atoms with Gasteiger partial charge in [0, 0.05) is 5.56 Å². The van der Waals surface area contributed by atoms with Crippen molar-refractivity contribution in [3.8, 4) is 0 Å². The minimum Gasteiger partial charge on any atom is -0.466 e. The third-order valence-electron chi connectivity index (χ3n) is 3.25. The molecule has 0 radical (unpaired) electrons. The molecule has 0 saturated heterocycles. The SMILES string of the molecule is Cc1cc(C(=O)NNC(=O)c2ccc(S(=O)(=O)C(F)F)cc2)c(C)o1. The Bertz CT molecular complexity index is 905. The summed E-state index contributed by atoms with van der Waals surface area (Å²) in [6, 6.07) is 5.40. The average molecular weight is 372 g/mol. The quantitative estimate of drug-likeness (QED) is 0.799. The van der Waals surface area contributed by atoms with Crippen LogP contribution in [0.3, 0.4) is 0 Å². The maximum atomic E-state index is 12.4. The molecule has 1 heterocycles. The number of carbonyl (C=O) groups is 2. The highest BCUT2D eigenvalue weighted by molar-refractivity contribution is 7.91. The molecule has 2 N–H and O–H groups in total. The minimum absolute atomic E-state index is 0.0198. The normalized spacial score (nSPS) is 11.4. The number of furan rings is 1. The molecule has 2 rings (SSSR count). The Hall–Kier alpha value is -2.75. The molecule has 0 unspecified atom stereocenters. The average Bonchev–Trinajstić information content (AvgIpc) is 2.90. The topological polar surface area (TPSA) is 105 Å². The van der Waals surface area contributed by atoms with Crippen LogP contribution in [0.2, 0.25) is 0 Å². The zero-order valence-corrected chi connectivity index (χ0v) is 14.0. The van der Waals surface area contributed by atoms with Gasteiger partial charge >= 0.3 is 5.76 Å². The Morgan fingerprint density at radius 2 is 1.60 bits per heavy atom. The Labute approximate surface area is 141 Å². The van der Waals surface area contributed by atoms with Crippen molar-refractivity contribution in [1.29, 1.82) is 0 Å². The van der Waals surface area contributed by atoms with Gasteiger partial charge in [0.25, 0.3) is 11.8 Å². The summed E-state index contributed by atoms with van der Waals surface area (Å²) in [5.41, 5.74) is 4.54. The molecular formula is C15H14F2N2O5S. The molecule has 7 nitrogen and oxygen atoms in total. The number of hydrogen-bond donors (Lipinski definition) is 2. The highest BCUT2D eigenvalue weighted by Gasteiger charge is 2.26. The van der Waals surface area contributed by atoms with Crippen LogP contribution in [0.1, 0.15) is 32.2 Å². The third kappa shape index (κ3) is 4.02. The van der Waals surface area contributed by atoms with Gasteiger partial charge in [0.05, 0.1) is 10.5 Å². The van der Waals surface area contributed by atoms with Crippen LogP contribution in [-0.4, -0.2) is 26.0 Å². The molecule has 2 amide bonds. The number of aryl methyl sites for hydroxylation is 2. The molecule has 1 aromatic heterocycles. The van der Waals surface area contributed by atoms with Crippen molar-refractivity contribution in [2.75, 3.05) is 0 Å². The summed E-state index contributed by atoms with van der Waals surface area (Å²) in [6.45, 7) is 3.25. The molecule has 0 aliphatic rings. The summed E-state index contributed by atoms with van der Waals surface area (Å²) in [5.74, 6) is -3.98. The van der Waals surface area contributed by atoms with Crippen LogP contribution in [0.5, 0.6) is 0 Å². The highest BCUT2D eigenvalue weighted by atomic mass is 32.2. The smallest absolute Gasteiger partial charge is 0.341 e. The van der Waals surface area contributed by atoms with Crippen molar-refractivity contribution < 1.29 is 31.2 Å². The summed E-state index contributed by atoms with van der Waals surface area (Å²) in [7, 11) is -4.73. The van der Waals surface area contributed by atoms with E-state index in [2.05, 4.69) is 10.9 Å². The van der Waals surface area contributed by atoms with E-state index in [-0.39, 0.29) is 11.1 Å². The lowest BCUT2D eigenvalue weighted by Gasteiger charge is -2.08. The fourth-order valence-corrected chi connectivity index (χ4v) is 2.73. The van der Waals surface area contributed by atoms with Gasteiger partial charge in [-0.05, 0) is 44.2 Å². The van der Waals surface area contributed by atoms with E-state index in [1.807, 2.05) is 0 Å². The van der Waals surface area contributed by atoms with E-state index in [1.165, 1.54) is 6.07 Å². The second kappa shape index (κ2) is 7.01. The molecule has 0 aliphatic heterocycles. The fourth-order valence-electron chi connectivity index (χ4n) is 2.01. The first-order valence-corrected chi connectivity index (χ1v) is 8.47. The Morgan fingerprint density at radius 3 is 2.08 bits per heavy atom. The fraction of sp³-hybridized carbons (Fsp3) is 0.200. The lowest BCUT2D eigenvalue weighted by atomic mass is 10.2. The molecule has 1 aromatic carbocycles. The van der Waals surface area contributed by atoms with Gasteiger partial charge in [-0.2, -0.15) is 8.78 Å². The van der Waals surface area contributed by atoms with Gasteiger partial charge in [0.1, 0.15) is 11.5 Å². The molecule has 0 fully saturated rings. The zero-order chi connectivity index (χ0) is 18.8. The zero-order valence-electron chi connectivity index (χ0n) is 13.2. The van der Waals surface area contributed by atoms with E-state index in [9.17, 15) is 26.8 Å². The van der Waals surface area contributed by atoms with Crippen LogP contribution in [0.4, 0.5) is 8.78 Å². The van der Waals surface area contributed by atoms with Crippen molar-refractivity contribution in [2.45, 2.75) is 24.5 Å². The number of carbonyl (C=O) groups excluding carboxylic acids is 2. The van der Waals surface area contributed by atoms with E-state index in [0.29, 0.717) is 11.5 Å². The van der Waals surface area contributed by atoms with E-state index in [1.54, 1.807) is 13.8 Å². The van der Waals surface area contributed by atoms with Gasteiger partial charge in [0.15, 0.2) is 0 Å². The molecule has 0 aliphatic carbocycles. The second-order valence-electron chi connectivity index (χ2n) is 5.07. The number of hydrogen-bond acceptors (Lipinski definition) is 5. The Kier molecular flexibility index (Phi) is 5.21. The summed E-state index contributed by atoms with van der Waals surface area (Å²) in [5, 5.41) is 0. The molecule has 0 bridgehead atoms. The van der Waals surface area contributed by atoms with Gasteiger partial charge in [-0.15, -0.1) is 0 Å². The largest absolute Gasteiger partial charge is 0.466 e. The van der Waals surface area contributed by atoms with Crippen molar-refractivity contribution in [3.63, 3.8) is 0 Å². The second-order valence-corrected chi connectivity index (χ2v) is 6.98. The maximum absolute atomic E-state index is 12.4. The van der Waals surface area contributed by atoms with E-state index in [0.717, 1.165) is 24.3 Å². The van der Waals surface area contributed by atoms with Gasteiger partial charge in [-0.1, -0.05) is 0 Å². The molecule has 134 valence electrons. The predicted octanol–water partition coefficient (Wildman–Crippen LogP) is 1.97. The van der Waals surface area contributed by atoms with Crippen molar-refractivity contribution in [3.05, 3.63) is 53.0 Å². The number of nitrogens with one attached hydrogen (secondary N) is 2. The first-order chi connectivity index (χ1) is 11.6. The van der Waals surface area contributed by atoms with Crippen molar-refractivity contribution in [2.24, 2.45) is 0 Å². The maximum Gasteiger partial charge on any atom is 0.341 e. The number of sulfone groups is 1. The van der Waals surface area contributed by atoms with Crippen molar-refractivity contribution >= 4 is 21.7 Å². The lowest BCUT2D eigenvalue weighted by Crippen LogP contribution is -2.41. The molecular weight excluding hydrogens is 358 g/mol. The van der Waals surface area contributed by atoms with Crippen LogP contribution >= 0.6 is 0 Å². The first-order valence-electron chi connectivity index (χ1n) is 6.92. The van der Waals surface area contributed by atoms with E-state index < -0.39 is 32.3 Å². The van der Waals surface area contributed by atoms with Crippen LogP contribution in [0, 0.1) is 13.8 Å². The number of halogens is 2. The van der Waals surface area contributed by atoms with Gasteiger partial charge in [-0.3, -0.25) is 20.4 Å². The molecule has 0 spiro atoms. The van der Waals surface area contributed by atoms with Crippen LogP contribution < -0.4 is 10.9 Å². The molecule has 10 heteroatoms. The minimum atomic E-state index is -4.73. The molecule has 25 heavy (non-hydrogen) atoms. The molecule has 0 atom stereocenters. The summed E-state index contributed by atoms with van der Waals surface area (Å²) >= 11 is 0. The standard InChI is InChI=1S/C15H14F2N2O5S/c1-8-7-12(9(2)24-8)14(21)19-18-13(20)10-3-5-11(6-4-10)25(22,23)15(16)17/h3-7,15H,1-2H3,(H,18,20)(H,19,21). The third-order valence-corrected chi connectivity index (χ3v) is 4.65. The Morgan fingerprint density at radius 1 is 1.04 bits per heavy atom. The van der Waals surface area contributed by atoms with Gasteiger partial charge < -0.3 is 4.42 Å². The first kappa shape index (κ1) is 18.6. The van der Waals surface area contributed by atoms with Gasteiger partial charge in [0.2, 0.25) is 9.84 Å². The number of rotatable bonds is 4. The summed E-state index contributed by atoms with van der Waals surface area (Å²) in [4.78, 5) is 23.2. The van der Waals surface area contributed by atoms with Crippen LogP contribution in [0.25, 0.3) is 0 Å².